The summed E-state index contributed by atoms with van der Waals surface area (Å²) in [5.74, 6) is -0.347. The molecule has 8 heterocycles. The van der Waals surface area contributed by atoms with Gasteiger partial charge in [0.05, 0.1) is 6.54 Å². The molecule has 8 aliphatic heterocycles. The molecule has 0 saturated carbocycles. The Labute approximate surface area is 882 Å². The summed E-state index contributed by atoms with van der Waals surface area (Å²) in [7, 11) is 0. The lowest BCUT2D eigenvalue weighted by Crippen LogP contribution is -2.49. The molecule has 16 rings (SSSR count). The van der Waals surface area contributed by atoms with Crippen LogP contribution in [0.3, 0.4) is 0 Å². The number of rotatable bonds is 31. The van der Waals surface area contributed by atoms with Crippen LogP contribution in [0.2, 0.25) is 10.0 Å². The lowest BCUT2D eigenvalue weighted by atomic mass is 10.1. The fraction of sp³-hybridized carbons (Fsp3) is 0.561. The molecule has 0 aliphatic carbocycles. The maximum absolute atomic E-state index is 13.5. The average molecular weight is 2040 g/mol. The number of nitrogens with zero attached hydrogens (tertiary/aromatic N) is 16. The molecule has 8 aliphatic rings. The van der Waals surface area contributed by atoms with Gasteiger partial charge in [-0.25, -0.2) is 8.78 Å². The standard InChI is InChI=1S/2C14H23N3.2C13H20ClN3.2C13H20FN3.2C13H19N3O.8CH4/c1-13-3-2-4-14(11-13)12-17-9-7-16(6-5-15)8-10-17;1-13-4-2-3-5-14(13)12-17-10-8-16(7-6-15)9-11-17;14-13-3-1-2-12(10-13)11-17-8-6-16(5-4-15)7-9-17;14-13-4-2-1-3-12(13)11-17-9-7-16(6-5-15)8-10-17;14-13-3-1-2-12(10-13)11-17-8-6-16(5-4-15)7-9-17;14-13-4-2-1-3-12(13)11-17-9-7-16(6-5-15)8-10-17;14-13(17)11-16-8-6-15(7-9-16)10-12-4-2-1-3-5-12;14-6-7-15-8-10-16(11-9-15)13(17)12-4-2-1-3-5-12;;;;;;;;/h2-4,11H,5-10,12,15H2,1H3;2-5H,6-12,15H2,1H3;1-3,10H,4-9,11,15H2;1-4H,5-11,15H2;1-3,10H,4-9,11,15H2;1-4H,5-11,15H2;1-5H,6-11H2,(H2,14,17);1-5H,6-11,14H2;8*1H4. The van der Waals surface area contributed by atoms with Crippen molar-refractivity contribution in [1.29, 1.82) is 0 Å². The minimum absolute atomic E-state index is 0. The van der Waals surface area contributed by atoms with Crippen LogP contribution in [-0.2, 0) is 50.6 Å². The van der Waals surface area contributed by atoms with Gasteiger partial charge in [-0.05, 0) is 101 Å². The van der Waals surface area contributed by atoms with E-state index in [1.54, 1.807) is 18.2 Å². The van der Waals surface area contributed by atoms with Gasteiger partial charge < -0.3 is 50.8 Å². The Balaban J connectivity index is 0.000000816. The van der Waals surface area contributed by atoms with Crippen molar-refractivity contribution in [2.24, 2.45) is 45.9 Å². The van der Waals surface area contributed by atoms with Crippen molar-refractivity contribution in [2.45, 2.75) is 119 Å². The number of benzene rings is 8. The third-order valence-electron chi connectivity index (χ3n) is 26.1. The van der Waals surface area contributed by atoms with Crippen LogP contribution in [0.1, 0.15) is 120 Å². The van der Waals surface area contributed by atoms with Crippen LogP contribution in [0.15, 0.2) is 206 Å². The predicted octanol–water partition coefficient (Wildman–Crippen LogP) is 12.6. The molecule has 0 bridgehead atoms. The molecule has 8 fully saturated rings. The molecule has 812 valence electrons. The Hall–Kier alpha value is -7.74. The summed E-state index contributed by atoms with van der Waals surface area (Å²) in [5, 5.41) is 1.70. The van der Waals surface area contributed by atoms with Crippen molar-refractivity contribution in [1.82, 2.24) is 78.4 Å². The van der Waals surface area contributed by atoms with E-state index in [2.05, 4.69) is 172 Å². The van der Waals surface area contributed by atoms with E-state index in [0.717, 1.165) is 354 Å². The Morgan fingerprint density at radius 2 is 0.549 bits per heavy atom. The fourth-order valence-corrected chi connectivity index (χ4v) is 18.4. The number of primary amides is 1. The van der Waals surface area contributed by atoms with Crippen molar-refractivity contribution in [3.63, 3.8) is 0 Å². The number of hydrogen-bond acceptors (Lipinski definition) is 24. The van der Waals surface area contributed by atoms with E-state index >= 15 is 0 Å². The molecule has 8 aromatic carbocycles. The van der Waals surface area contributed by atoms with Crippen LogP contribution in [0.25, 0.3) is 0 Å². The van der Waals surface area contributed by atoms with Crippen molar-refractivity contribution < 1.29 is 18.4 Å². The number of aryl methyl sites for hydroxylation is 2. The summed E-state index contributed by atoms with van der Waals surface area (Å²) in [5.41, 5.74) is 56.2. The van der Waals surface area contributed by atoms with Crippen LogP contribution in [0.5, 0.6) is 0 Å². The normalized spacial score (nSPS) is 17.2. The first-order valence-corrected chi connectivity index (χ1v) is 50.5. The highest BCUT2D eigenvalue weighted by molar-refractivity contribution is 6.31. The smallest absolute Gasteiger partial charge is 0.253 e. The predicted molar refractivity (Wildman–Crippen MR) is 612 cm³/mol. The summed E-state index contributed by atoms with van der Waals surface area (Å²) in [6, 6.07) is 67.5. The van der Waals surface area contributed by atoms with Gasteiger partial charge >= 0.3 is 0 Å². The highest BCUT2D eigenvalue weighted by Gasteiger charge is 2.26. The van der Waals surface area contributed by atoms with Gasteiger partial charge in [0.15, 0.2) is 0 Å². The van der Waals surface area contributed by atoms with Gasteiger partial charge in [0.1, 0.15) is 11.6 Å². The molecule has 0 aromatic heterocycles. The minimum atomic E-state index is -0.235. The van der Waals surface area contributed by atoms with Crippen LogP contribution < -0.4 is 45.9 Å². The van der Waals surface area contributed by atoms with E-state index in [9.17, 15) is 18.4 Å². The maximum atomic E-state index is 13.5. The molecular weight excluding hydrogens is 1850 g/mol. The molecule has 2 amide bonds. The molecule has 26 nitrogen and oxygen atoms in total. The van der Waals surface area contributed by atoms with Crippen LogP contribution in [0, 0.1) is 25.5 Å². The monoisotopic (exact) mass is 2040 g/mol. The molecule has 0 spiro atoms. The van der Waals surface area contributed by atoms with Crippen molar-refractivity contribution in [3.8, 4) is 0 Å². The lowest BCUT2D eigenvalue weighted by molar-refractivity contribution is -0.119. The van der Waals surface area contributed by atoms with Gasteiger partial charge in [-0.15, -0.1) is 0 Å². The second-order valence-corrected chi connectivity index (χ2v) is 37.4. The van der Waals surface area contributed by atoms with Crippen LogP contribution in [0.4, 0.5) is 8.78 Å². The second kappa shape index (κ2) is 78.5. The van der Waals surface area contributed by atoms with E-state index in [1.807, 2.05) is 95.9 Å². The number of carbonyl (C=O) groups is 2. The van der Waals surface area contributed by atoms with Crippen molar-refractivity contribution >= 4 is 35.0 Å². The number of amides is 2. The highest BCUT2D eigenvalue weighted by atomic mass is 35.5. The SMILES string of the molecule is C.C.C.C.C.C.C.C.Cc1cccc(CN2CCN(CCN)CC2)c1.Cc1ccccc1CN1CCN(CCN)CC1.NC(=O)CN1CCN(Cc2ccccc2)CC1.NCCN1CCN(C(=O)c2ccccc2)CC1.NCCN1CCN(Cc2cccc(Cl)c2)CC1.NCCN1CCN(Cc2cccc(F)c2)CC1.NCCN1CCN(Cc2ccccc2Cl)CC1.NCCN1CCN(Cc2ccccc2F)CC1. The molecule has 8 saturated heterocycles. The Morgan fingerprint density at radius 3 is 0.903 bits per heavy atom. The topological polar surface area (TPSA) is 294 Å². The zero-order chi connectivity index (χ0) is 96.7. The van der Waals surface area contributed by atoms with E-state index < -0.39 is 0 Å². The summed E-state index contributed by atoms with van der Waals surface area (Å²) in [6.45, 7) is 57.3. The Bertz CT molecular complexity index is 4170. The molecule has 8 aromatic rings. The third kappa shape index (κ3) is 52.9. The largest absolute Gasteiger partial charge is 0.369 e. The van der Waals surface area contributed by atoms with Crippen molar-refractivity contribution in [3.05, 3.63) is 284 Å². The average Bonchev–Trinajstić information content (AvgIpc) is 0.854. The summed E-state index contributed by atoms with van der Waals surface area (Å²) >= 11 is 12.2. The Morgan fingerprint density at radius 1 is 0.271 bits per heavy atom. The number of halogens is 4. The lowest BCUT2D eigenvalue weighted by Gasteiger charge is -2.34. The molecule has 144 heavy (non-hydrogen) atoms. The first kappa shape index (κ1) is 134. The molecule has 0 atom stereocenters. The first-order chi connectivity index (χ1) is 66.2. The van der Waals surface area contributed by atoms with E-state index in [-0.39, 0.29) is 82.9 Å². The van der Waals surface area contributed by atoms with Gasteiger partial charge in [-0.1, -0.05) is 246 Å². The number of nitrogens with two attached hydrogens (primary N) is 8. The van der Waals surface area contributed by atoms with Crippen LogP contribution >= 0.6 is 23.2 Å². The van der Waals surface area contributed by atoms with E-state index in [4.69, 9.17) is 69.1 Å². The van der Waals surface area contributed by atoms with E-state index in [0.29, 0.717) is 26.2 Å². The molecule has 0 radical (unpaired) electrons. The quantitative estimate of drug-likeness (QED) is 0.0200. The second-order valence-electron chi connectivity index (χ2n) is 36.6. The summed E-state index contributed by atoms with van der Waals surface area (Å²) in [4.78, 5) is 60.8. The van der Waals surface area contributed by atoms with Gasteiger partial charge in [0.2, 0.25) is 5.91 Å². The highest BCUT2D eigenvalue weighted by Crippen LogP contribution is 2.22. The minimum Gasteiger partial charge on any atom is -0.369 e. The Kier molecular flexibility index (Phi) is 73.2. The first-order valence-electron chi connectivity index (χ1n) is 49.7. The number of hydrogen-bond donors (Lipinski definition) is 8. The summed E-state index contributed by atoms with van der Waals surface area (Å²) < 4.78 is 26.5. The van der Waals surface area contributed by atoms with Gasteiger partial charge in [0, 0.05) is 368 Å². The van der Waals surface area contributed by atoms with Gasteiger partial charge in [0.25, 0.3) is 5.91 Å². The fourth-order valence-electron chi connectivity index (χ4n) is 18.0. The number of piperazine rings is 8. The maximum Gasteiger partial charge on any atom is 0.253 e. The van der Waals surface area contributed by atoms with Crippen molar-refractivity contribution in [2.75, 3.05) is 308 Å². The third-order valence-corrected chi connectivity index (χ3v) is 26.7. The zero-order valence-electron chi connectivity index (χ0n) is 81.9. The van der Waals surface area contributed by atoms with E-state index in [1.165, 1.54) is 51.1 Å². The molecule has 0 unspecified atom stereocenters. The number of carbonyl (C=O) groups excluding carboxylic acids is 2. The van der Waals surface area contributed by atoms with Gasteiger partial charge in [-0.2, -0.15) is 0 Å². The summed E-state index contributed by atoms with van der Waals surface area (Å²) in [6.07, 6.45) is 0. The van der Waals surface area contributed by atoms with Crippen LogP contribution in [-0.4, -0.2) is 398 Å². The van der Waals surface area contributed by atoms with Gasteiger partial charge in [-0.3, -0.25) is 83.1 Å². The molecule has 16 N–H and O–H groups in total. The molecule has 30 heteroatoms. The zero-order valence-corrected chi connectivity index (χ0v) is 83.4. The molecular formula is C114H196Cl2F2N24O2.